The van der Waals surface area contributed by atoms with Crippen molar-refractivity contribution in [2.75, 3.05) is 29.5 Å². The van der Waals surface area contributed by atoms with Gasteiger partial charge in [0, 0.05) is 37.8 Å². The second-order valence-electron chi connectivity index (χ2n) is 3.92. The van der Waals surface area contributed by atoms with Crippen molar-refractivity contribution >= 4 is 28.9 Å². The molecule has 0 bridgehead atoms. The van der Waals surface area contributed by atoms with Gasteiger partial charge in [-0.1, -0.05) is 0 Å². The number of anilines is 1. The lowest BCUT2D eigenvalue weighted by atomic mass is 10.4. The molecule has 1 aliphatic heterocycles. The Morgan fingerprint density at radius 3 is 2.88 bits per heavy atom. The predicted octanol–water partition coefficient (Wildman–Crippen LogP) is 1.52. The van der Waals surface area contributed by atoms with Crippen LogP contribution in [0.5, 0.6) is 0 Å². The largest absolute Gasteiger partial charge is 0.341 e. The Bertz CT molecular complexity index is 502. The van der Waals surface area contributed by atoms with Crippen LogP contribution in [0.2, 0.25) is 0 Å². The molecule has 0 amide bonds. The first-order valence-corrected chi connectivity index (χ1v) is 6.62. The molecule has 16 heavy (non-hydrogen) atoms. The van der Waals surface area contributed by atoms with Crippen LogP contribution < -0.4 is 4.90 Å². The van der Waals surface area contributed by atoms with Gasteiger partial charge in [0.15, 0.2) is 5.65 Å². The monoisotopic (exact) mass is 234 g/mol. The van der Waals surface area contributed by atoms with E-state index in [2.05, 4.69) is 19.4 Å². The van der Waals surface area contributed by atoms with E-state index >= 15 is 0 Å². The molecule has 0 aromatic carbocycles. The summed E-state index contributed by atoms with van der Waals surface area (Å²) in [5.74, 6) is 3.43. The quantitative estimate of drug-likeness (QED) is 0.749. The van der Waals surface area contributed by atoms with Crippen molar-refractivity contribution in [3.05, 3.63) is 18.3 Å². The highest BCUT2D eigenvalue weighted by Crippen LogP contribution is 2.21. The van der Waals surface area contributed by atoms with E-state index in [4.69, 9.17) is 0 Å². The van der Waals surface area contributed by atoms with Gasteiger partial charge in [0.1, 0.15) is 5.52 Å². The molecular weight excluding hydrogens is 220 g/mol. The van der Waals surface area contributed by atoms with Crippen LogP contribution in [0.15, 0.2) is 18.3 Å². The van der Waals surface area contributed by atoms with E-state index in [9.17, 15) is 0 Å². The van der Waals surface area contributed by atoms with E-state index < -0.39 is 0 Å². The molecule has 5 heteroatoms. The molecule has 1 saturated heterocycles. The van der Waals surface area contributed by atoms with Crippen molar-refractivity contribution in [1.29, 1.82) is 0 Å². The average molecular weight is 234 g/mol. The Morgan fingerprint density at radius 2 is 2.12 bits per heavy atom. The Morgan fingerprint density at radius 1 is 1.31 bits per heavy atom. The van der Waals surface area contributed by atoms with Crippen LogP contribution in [0.1, 0.15) is 0 Å². The fourth-order valence-corrected chi connectivity index (χ4v) is 2.96. The van der Waals surface area contributed by atoms with Crippen molar-refractivity contribution in [2.24, 2.45) is 7.05 Å². The van der Waals surface area contributed by atoms with Gasteiger partial charge in [-0.3, -0.25) is 4.57 Å². The van der Waals surface area contributed by atoms with E-state index in [1.807, 2.05) is 37.1 Å². The molecule has 84 valence electrons. The molecule has 3 rings (SSSR count). The minimum atomic E-state index is 0.968. The van der Waals surface area contributed by atoms with Crippen LogP contribution in [-0.4, -0.2) is 39.1 Å². The molecule has 1 fully saturated rings. The summed E-state index contributed by atoms with van der Waals surface area (Å²) in [6, 6.07) is 3.95. The summed E-state index contributed by atoms with van der Waals surface area (Å²) in [7, 11) is 2.04. The summed E-state index contributed by atoms with van der Waals surface area (Å²) < 4.78 is 2.09. The molecule has 0 saturated carbocycles. The maximum absolute atomic E-state index is 4.65. The molecule has 0 spiro atoms. The summed E-state index contributed by atoms with van der Waals surface area (Å²) in [6.07, 6.45) is 1.82. The first-order valence-electron chi connectivity index (χ1n) is 5.46. The molecule has 2 aromatic heterocycles. The number of thioether (sulfide) groups is 1. The van der Waals surface area contributed by atoms with Crippen molar-refractivity contribution in [3.8, 4) is 0 Å². The third-order valence-electron chi connectivity index (χ3n) is 2.90. The van der Waals surface area contributed by atoms with E-state index in [1.165, 1.54) is 11.5 Å². The van der Waals surface area contributed by atoms with Crippen LogP contribution in [0.25, 0.3) is 11.2 Å². The molecular formula is C11H14N4S. The van der Waals surface area contributed by atoms with E-state index in [0.29, 0.717) is 0 Å². The van der Waals surface area contributed by atoms with Crippen LogP contribution in [-0.2, 0) is 7.05 Å². The zero-order valence-electron chi connectivity index (χ0n) is 9.26. The topological polar surface area (TPSA) is 34.0 Å². The van der Waals surface area contributed by atoms with Gasteiger partial charge in [-0.15, -0.1) is 0 Å². The van der Waals surface area contributed by atoms with Crippen LogP contribution >= 0.6 is 11.8 Å². The molecule has 4 nitrogen and oxygen atoms in total. The van der Waals surface area contributed by atoms with Gasteiger partial charge < -0.3 is 4.90 Å². The standard InChI is InChI=1S/C11H14N4S/c1-14-10-9(3-2-4-12-10)13-11(14)15-5-7-16-8-6-15/h2-4H,5-8H2,1H3. The second kappa shape index (κ2) is 3.97. The Labute approximate surface area is 98.7 Å². The summed E-state index contributed by atoms with van der Waals surface area (Å²) in [4.78, 5) is 11.4. The van der Waals surface area contributed by atoms with Gasteiger partial charge in [0.25, 0.3) is 0 Å². The lowest BCUT2D eigenvalue weighted by Gasteiger charge is -2.27. The highest BCUT2D eigenvalue weighted by atomic mass is 32.2. The Kier molecular flexibility index (Phi) is 2.47. The number of hydrogen-bond acceptors (Lipinski definition) is 4. The zero-order valence-corrected chi connectivity index (χ0v) is 10.1. The molecule has 3 heterocycles. The Balaban J connectivity index is 2.05. The minimum Gasteiger partial charge on any atom is -0.341 e. The van der Waals surface area contributed by atoms with Crippen LogP contribution in [0.4, 0.5) is 5.95 Å². The maximum atomic E-state index is 4.65. The number of fused-ring (bicyclic) bond motifs is 1. The number of aromatic nitrogens is 3. The highest BCUT2D eigenvalue weighted by molar-refractivity contribution is 7.99. The number of hydrogen-bond donors (Lipinski definition) is 0. The molecule has 0 radical (unpaired) electrons. The fourth-order valence-electron chi connectivity index (χ4n) is 2.06. The van der Waals surface area contributed by atoms with Gasteiger partial charge in [-0.25, -0.2) is 9.97 Å². The number of pyridine rings is 1. The molecule has 0 atom stereocenters. The summed E-state index contributed by atoms with van der Waals surface area (Å²) in [6.45, 7) is 2.17. The van der Waals surface area contributed by atoms with E-state index in [0.717, 1.165) is 30.2 Å². The van der Waals surface area contributed by atoms with E-state index in [1.54, 1.807) is 0 Å². The summed E-state index contributed by atoms with van der Waals surface area (Å²) in [5, 5.41) is 0. The van der Waals surface area contributed by atoms with Gasteiger partial charge >= 0.3 is 0 Å². The molecule has 1 aliphatic rings. The van der Waals surface area contributed by atoms with Crippen LogP contribution in [0.3, 0.4) is 0 Å². The number of imidazole rings is 1. The second-order valence-corrected chi connectivity index (χ2v) is 5.14. The molecule has 0 unspecified atom stereocenters. The average Bonchev–Trinajstić information content (AvgIpc) is 2.69. The fraction of sp³-hybridized carbons (Fsp3) is 0.455. The molecule has 0 aliphatic carbocycles. The lowest BCUT2D eigenvalue weighted by molar-refractivity contribution is 0.778. The first kappa shape index (κ1) is 9.96. The van der Waals surface area contributed by atoms with Crippen molar-refractivity contribution < 1.29 is 0 Å². The van der Waals surface area contributed by atoms with Gasteiger partial charge in [-0.05, 0) is 12.1 Å². The third-order valence-corrected chi connectivity index (χ3v) is 3.84. The minimum absolute atomic E-state index is 0.968. The van der Waals surface area contributed by atoms with Gasteiger partial charge in [-0.2, -0.15) is 11.8 Å². The first-order chi connectivity index (χ1) is 7.86. The van der Waals surface area contributed by atoms with Crippen LogP contribution in [0, 0.1) is 0 Å². The zero-order chi connectivity index (χ0) is 11.0. The lowest BCUT2D eigenvalue weighted by Crippen LogP contribution is -2.34. The van der Waals surface area contributed by atoms with E-state index in [-0.39, 0.29) is 0 Å². The van der Waals surface area contributed by atoms with Crippen molar-refractivity contribution in [1.82, 2.24) is 14.5 Å². The summed E-state index contributed by atoms with van der Waals surface area (Å²) in [5.41, 5.74) is 1.95. The number of nitrogens with zero attached hydrogens (tertiary/aromatic N) is 4. The third kappa shape index (κ3) is 1.55. The predicted molar refractivity (Wildman–Crippen MR) is 68.0 cm³/mol. The normalized spacial score (nSPS) is 16.9. The van der Waals surface area contributed by atoms with Crippen molar-refractivity contribution in [2.45, 2.75) is 0 Å². The van der Waals surface area contributed by atoms with Crippen molar-refractivity contribution in [3.63, 3.8) is 0 Å². The van der Waals surface area contributed by atoms with Gasteiger partial charge in [0.2, 0.25) is 5.95 Å². The SMILES string of the molecule is Cn1c(N2CCSCC2)nc2cccnc21. The number of rotatable bonds is 1. The highest BCUT2D eigenvalue weighted by Gasteiger charge is 2.17. The number of aryl methyl sites for hydroxylation is 1. The Hall–Kier alpha value is -1.23. The summed E-state index contributed by atoms with van der Waals surface area (Å²) >= 11 is 2.01. The van der Waals surface area contributed by atoms with Gasteiger partial charge in [0.05, 0.1) is 0 Å². The smallest absolute Gasteiger partial charge is 0.207 e. The molecule has 2 aromatic rings. The maximum Gasteiger partial charge on any atom is 0.207 e. The molecule has 0 N–H and O–H groups in total.